The first kappa shape index (κ1) is 16.9. The van der Waals surface area contributed by atoms with E-state index in [-0.39, 0.29) is 24.5 Å². The van der Waals surface area contributed by atoms with E-state index in [0.29, 0.717) is 24.5 Å². The highest BCUT2D eigenvalue weighted by atomic mass is 16.5. The first-order valence-electron chi connectivity index (χ1n) is 7.64. The molecule has 1 saturated carbocycles. The van der Waals surface area contributed by atoms with Crippen molar-refractivity contribution in [1.82, 2.24) is 16.0 Å². The van der Waals surface area contributed by atoms with Crippen LogP contribution in [0.1, 0.15) is 18.4 Å². The van der Waals surface area contributed by atoms with Crippen molar-refractivity contribution >= 4 is 11.9 Å². The molecule has 1 aromatic rings. The molecule has 0 radical (unpaired) electrons. The molecule has 0 spiro atoms. The Morgan fingerprint density at radius 3 is 2.52 bits per heavy atom. The van der Waals surface area contributed by atoms with Gasteiger partial charge in [-0.1, -0.05) is 6.07 Å². The van der Waals surface area contributed by atoms with Crippen molar-refractivity contribution in [3.8, 4) is 11.5 Å². The molecule has 0 unspecified atom stereocenters. The average Bonchev–Trinajstić information content (AvgIpc) is 3.36. The van der Waals surface area contributed by atoms with E-state index in [1.165, 1.54) is 0 Å². The zero-order chi connectivity index (χ0) is 16.7. The van der Waals surface area contributed by atoms with Crippen LogP contribution in [0, 0.1) is 0 Å². The monoisotopic (exact) mass is 321 g/mol. The van der Waals surface area contributed by atoms with Crippen LogP contribution in [0.4, 0.5) is 4.79 Å². The van der Waals surface area contributed by atoms with E-state index >= 15 is 0 Å². The zero-order valence-electron chi connectivity index (χ0n) is 13.5. The maximum Gasteiger partial charge on any atom is 0.315 e. The topological polar surface area (TPSA) is 88.7 Å². The second-order valence-corrected chi connectivity index (χ2v) is 5.39. The Balaban J connectivity index is 1.67. The SMILES string of the molecule is COc1ccc(CCNC(=O)CNC(=O)NC2CC2)cc1OC. The van der Waals surface area contributed by atoms with E-state index < -0.39 is 0 Å². The van der Waals surface area contributed by atoms with Crippen molar-refractivity contribution in [2.45, 2.75) is 25.3 Å². The summed E-state index contributed by atoms with van der Waals surface area (Å²) in [5.74, 6) is 1.12. The van der Waals surface area contributed by atoms with E-state index in [1.54, 1.807) is 14.2 Å². The quantitative estimate of drug-likeness (QED) is 0.661. The highest BCUT2D eigenvalue weighted by Gasteiger charge is 2.23. The van der Waals surface area contributed by atoms with Gasteiger partial charge in [0.25, 0.3) is 0 Å². The molecule has 23 heavy (non-hydrogen) atoms. The molecule has 7 nitrogen and oxygen atoms in total. The number of methoxy groups -OCH3 is 2. The van der Waals surface area contributed by atoms with Crippen molar-refractivity contribution < 1.29 is 19.1 Å². The Bertz CT molecular complexity index is 558. The van der Waals surface area contributed by atoms with Crippen LogP contribution in [0.25, 0.3) is 0 Å². The van der Waals surface area contributed by atoms with Crippen molar-refractivity contribution in [2.75, 3.05) is 27.3 Å². The third-order valence-corrected chi connectivity index (χ3v) is 3.51. The van der Waals surface area contributed by atoms with Gasteiger partial charge in [-0.25, -0.2) is 4.79 Å². The van der Waals surface area contributed by atoms with Gasteiger partial charge in [0, 0.05) is 12.6 Å². The minimum atomic E-state index is -0.289. The van der Waals surface area contributed by atoms with Gasteiger partial charge in [-0.3, -0.25) is 4.79 Å². The van der Waals surface area contributed by atoms with Crippen LogP contribution in [0.2, 0.25) is 0 Å². The molecule has 0 atom stereocenters. The van der Waals surface area contributed by atoms with Gasteiger partial charge in [0.2, 0.25) is 5.91 Å². The Hall–Kier alpha value is -2.44. The summed E-state index contributed by atoms with van der Waals surface area (Å²) in [6, 6.07) is 5.63. The summed E-state index contributed by atoms with van der Waals surface area (Å²) in [6.07, 6.45) is 2.70. The lowest BCUT2D eigenvalue weighted by Gasteiger charge is -2.10. The lowest BCUT2D eigenvalue weighted by molar-refractivity contribution is -0.120. The molecule has 1 aliphatic carbocycles. The van der Waals surface area contributed by atoms with Gasteiger partial charge in [0.15, 0.2) is 11.5 Å². The van der Waals surface area contributed by atoms with Gasteiger partial charge in [-0.2, -0.15) is 0 Å². The van der Waals surface area contributed by atoms with E-state index in [4.69, 9.17) is 9.47 Å². The number of carbonyl (C=O) groups excluding carboxylic acids is 2. The molecule has 1 aliphatic rings. The summed E-state index contributed by atoms with van der Waals surface area (Å²) < 4.78 is 10.4. The van der Waals surface area contributed by atoms with E-state index in [2.05, 4.69) is 16.0 Å². The van der Waals surface area contributed by atoms with Gasteiger partial charge in [-0.05, 0) is 37.0 Å². The fraction of sp³-hybridized carbons (Fsp3) is 0.500. The summed E-state index contributed by atoms with van der Waals surface area (Å²) in [6.45, 7) is 0.463. The van der Waals surface area contributed by atoms with Crippen molar-refractivity contribution in [3.63, 3.8) is 0 Å². The summed E-state index contributed by atoms with van der Waals surface area (Å²) in [4.78, 5) is 23.1. The van der Waals surface area contributed by atoms with Crippen LogP contribution in [0.15, 0.2) is 18.2 Å². The summed E-state index contributed by atoms with van der Waals surface area (Å²) in [5, 5.41) is 8.06. The van der Waals surface area contributed by atoms with Crippen LogP contribution in [0.5, 0.6) is 11.5 Å². The van der Waals surface area contributed by atoms with Gasteiger partial charge >= 0.3 is 6.03 Å². The Morgan fingerprint density at radius 1 is 1.13 bits per heavy atom. The molecule has 3 amide bonds. The minimum Gasteiger partial charge on any atom is -0.493 e. The third kappa shape index (κ3) is 5.69. The number of rotatable bonds is 8. The van der Waals surface area contributed by atoms with E-state index in [0.717, 1.165) is 18.4 Å². The maximum atomic E-state index is 11.7. The number of benzene rings is 1. The number of ether oxygens (including phenoxy) is 2. The molecule has 0 aliphatic heterocycles. The van der Waals surface area contributed by atoms with Gasteiger partial charge < -0.3 is 25.4 Å². The summed E-state index contributed by atoms with van der Waals surface area (Å²) in [7, 11) is 3.17. The highest BCUT2D eigenvalue weighted by Crippen LogP contribution is 2.27. The standard InChI is InChI=1S/C16H23N3O4/c1-22-13-6-3-11(9-14(13)23-2)7-8-17-15(20)10-18-16(21)19-12-4-5-12/h3,6,9,12H,4-5,7-8,10H2,1-2H3,(H,17,20)(H2,18,19,21). The van der Waals surface area contributed by atoms with Crippen molar-refractivity contribution in [1.29, 1.82) is 0 Å². The summed E-state index contributed by atoms with van der Waals surface area (Å²) in [5.41, 5.74) is 1.03. The molecular weight excluding hydrogens is 298 g/mol. The molecule has 0 saturated heterocycles. The average molecular weight is 321 g/mol. The van der Waals surface area contributed by atoms with Gasteiger partial charge in [-0.15, -0.1) is 0 Å². The molecule has 126 valence electrons. The molecule has 2 rings (SSSR count). The van der Waals surface area contributed by atoms with Crippen LogP contribution < -0.4 is 25.4 Å². The minimum absolute atomic E-state index is 0.0233. The predicted molar refractivity (Wildman–Crippen MR) is 85.8 cm³/mol. The number of hydrogen-bond donors (Lipinski definition) is 3. The van der Waals surface area contributed by atoms with Crippen LogP contribution in [-0.4, -0.2) is 45.3 Å². The second-order valence-electron chi connectivity index (χ2n) is 5.39. The predicted octanol–water partition coefficient (Wildman–Crippen LogP) is 0.824. The smallest absolute Gasteiger partial charge is 0.315 e. The highest BCUT2D eigenvalue weighted by molar-refractivity contribution is 5.84. The fourth-order valence-electron chi connectivity index (χ4n) is 2.07. The molecule has 0 bridgehead atoms. The third-order valence-electron chi connectivity index (χ3n) is 3.51. The molecule has 1 fully saturated rings. The molecule has 0 heterocycles. The first-order valence-corrected chi connectivity index (χ1v) is 7.64. The number of carbonyl (C=O) groups is 2. The van der Waals surface area contributed by atoms with Gasteiger partial charge in [0.05, 0.1) is 20.8 Å². The number of nitrogens with one attached hydrogen (secondary N) is 3. The Labute approximate surface area is 135 Å². The van der Waals surface area contributed by atoms with E-state index in [1.807, 2.05) is 18.2 Å². The maximum absolute atomic E-state index is 11.7. The van der Waals surface area contributed by atoms with Crippen molar-refractivity contribution in [3.05, 3.63) is 23.8 Å². The fourth-order valence-corrected chi connectivity index (χ4v) is 2.07. The molecule has 1 aromatic carbocycles. The van der Waals surface area contributed by atoms with Crippen molar-refractivity contribution in [2.24, 2.45) is 0 Å². The Morgan fingerprint density at radius 2 is 1.87 bits per heavy atom. The van der Waals surface area contributed by atoms with Crippen LogP contribution in [-0.2, 0) is 11.2 Å². The number of urea groups is 1. The Kier molecular flexibility index (Phi) is 6.08. The molecular formula is C16H23N3O4. The molecule has 0 aromatic heterocycles. The normalized spacial score (nSPS) is 13.1. The second kappa shape index (κ2) is 8.26. The van der Waals surface area contributed by atoms with Crippen LogP contribution >= 0.6 is 0 Å². The lowest BCUT2D eigenvalue weighted by atomic mass is 10.1. The molecule has 7 heteroatoms. The van der Waals surface area contributed by atoms with Crippen LogP contribution in [0.3, 0.4) is 0 Å². The summed E-state index contributed by atoms with van der Waals surface area (Å²) >= 11 is 0. The number of hydrogen-bond acceptors (Lipinski definition) is 4. The molecule has 3 N–H and O–H groups in total. The van der Waals surface area contributed by atoms with Gasteiger partial charge in [0.1, 0.15) is 0 Å². The lowest BCUT2D eigenvalue weighted by Crippen LogP contribution is -2.43. The largest absolute Gasteiger partial charge is 0.493 e. The zero-order valence-corrected chi connectivity index (χ0v) is 13.5. The first-order chi connectivity index (χ1) is 11.1. The van der Waals surface area contributed by atoms with E-state index in [9.17, 15) is 9.59 Å². The number of amides is 3.